The SMILES string of the molecule is COc1cccc(CN2CCCC2c2cc(C(C)C)on2)c1OC. The number of nitrogens with zero attached hydrogens (tertiary/aromatic N) is 2. The van der Waals surface area contributed by atoms with E-state index in [-0.39, 0.29) is 0 Å². The Morgan fingerprint density at radius 1 is 1.29 bits per heavy atom. The van der Waals surface area contributed by atoms with E-state index in [9.17, 15) is 0 Å². The van der Waals surface area contributed by atoms with Crippen molar-refractivity contribution in [3.8, 4) is 11.5 Å². The van der Waals surface area contributed by atoms with Gasteiger partial charge in [-0.1, -0.05) is 31.1 Å². The predicted molar refractivity (Wildman–Crippen MR) is 92.5 cm³/mol. The van der Waals surface area contributed by atoms with Gasteiger partial charge in [0, 0.05) is 24.1 Å². The molecule has 0 amide bonds. The highest BCUT2D eigenvalue weighted by atomic mass is 16.5. The number of methoxy groups -OCH3 is 2. The number of ether oxygens (including phenoxy) is 2. The number of rotatable bonds is 6. The number of aromatic nitrogens is 1. The third kappa shape index (κ3) is 3.26. The summed E-state index contributed by atoms with van der Waals surface area (Å²) in [5.74, 6) is 2.90. The minimum absolute atomic E-state index is 0.303. The van der Waals surface area contributed by atoms with Crippen LogP contribution in [0.5, 0.6) is 11.5 Å². The number of hydrogen-bond donors (Lipinski definition) is 0. The van der Waals surface area contributed by atoms with E-state index in [1.54, 1.807) is 14.2 Å². The van der Waals surface area contributed by atoms with Crippen LogP contribution in [0.15, 0.2) is 28.8 Å². The van der Waals surface area contributed by atoms with Gasteiger partial charge in [0.25, 0.3) is 0 Å². The normalized spacial score (nSPS) is 18.3. The lowest BCUT2D eigenvalue weighted by atomic mass is 10.1. The van der Waals surface area contributed by atoms with Crippen LogP contribution in [0.1, 0.15) is 55.7 Å². The predicted octanol–water partition coefficient (Wildman–Crippen LogP) is 4.15. The standard InChI is InChI=1S/C19H26N2O3/c1-13(2)18-11-15(20-24-18)16-8-6-10-21(16)12-14-7-5-9-17(22-3)19(14)23-4/h5,7,9,11,13,16H,6,8,10,12H2,1-4H3. The van der Waals surface area contributed by atoms with E-state index in [4.69, 9.17) is 14.0 Å². The van der Waals surface area contributed by atoms with Gasteiger partial charge < -0.3 is 14.0 Å². The summed E-state index contributed by atoms with van der Waals surface area (Å²) in [6, 6.07) is 8.44. The zero-order valence-corrected chi connectivity index (χ0v) is 14.9. The second-order valence-corrected chi connectivity index (χ2v) is 6.59. The summed E-state index contributed by atoms with van der Waals surface area (Å²) < 4.78 is 16.5. The third-order valence-electron chi connectivity index (χ3n) is 4.68. The Hall–Kier alpha value is -2.01. The van der Waals surface area contributed by atoms with E-state index in [2.05, 4.69) is 36.0 Å². The van der Waals surface area contributed by atoms with Crippen LogP contribution in [-0.2, 0) is 6.54 Å². The molecule has 1 aromatic heterocycles. The molecule has 0 radical (unpaired) electrons. The van der Waals surface area contributed by atoms with Crippen molar-refractivity contribution in [2.24, 2.45) is 0 Å². The first-order valence-electron chi connectivity index (χ1n) is 8.54. The number of para-hydroxylation sites is 1. The van der Waals surface area contributed by atoms with E-state index in [1.165, 1.54) is 6.42 Å². The van der Waals surface area contributed by atoms with Crippen LogP contribution in [0, 0.1) is 0 Å². The Labute approximate surface area is 143 Å². The number of hydrogen-bond acceptors (Lipinski definition) is 5. The molecule has 5 nitrogen and oxygen atoms in total. The van der Waals surface area contributed by atoms with Gasteiger partial charge in [-0.25, -0.2) is 0 Å². The first-order valence-corrected chi connectivity index (χ1v) is 8.54. The fraction of sp³-hybridized carbons (Fsp3) is 0.526. The van der Waals surface area contributed by atoms with Crippen LogP contribution in [0.2, 0.25) is 0 Å². The second-order valence-electron chi connectivity index (χ2n) is 6.59. The van der Waals surface area contributed by atoms with Gasteiger partial charge in [0.05, 0.1) is 20.3 Å². The van der Waals surface area contributed by atoms with E-state index in [1.807, 2.05) is 12.1 Å². The highest BCUT2D eigenvalue weighted by Gasteiger charge is 2.30. The van der Waals surface area contributed by atoms with Crippen molar-refractivity contribution in [2.75, 3.05) is 20.8 Å². The van der Waals surface area contributed by atoms with Gasteiger partial charge in [0.1, 0.15) is 11.5 Å². The number of likely N-dealkylation sites (tertiary alicyclic amines) is 1. The quantitative estimate of drug-likeness (QED) is 0.796. The fourth-order valence-electron chi connectivity index (χ4n) is 3.38. The van der Waals surface area contributed by atoms with Crippen LogP contribution in [0.4, 0.5) is 0 Å². The largest absolute Gasteiger partial charge is 0.493 e. The smallest absolute Gasteiger partial charge is 0.165 e. The summed E-state index contributed by atoms with van der Waals surface area (Å²) in [4.78, 5) is 2.44. The molecule has 0 spiro atoms. The molecule has 0 aliphatic carbocycles. The first-order chi connectivity index (χ1) is 11.6. The van der Waals surface area contributed by atoms with Crippen LogP contribution >= 0.6 is 0 Å². The van der Waals surface area contributed by atoms with Crippen molar-refractivity contribution < 1.29 is 14.0 Å². The van der Waals surface area contributed by atoms with E-state index in [0.717, 1.165) is 48.0 Å². The lowest BCUT2D eigenvalue weighted by molar-refractivity contribution is 0.231. The Morgan fingerprint density at radius 3 is 2.79 bits per heavy atom. The maximum atomic E-state index is 5.57. The van der Waals surface area contributed by atoms with Crippen molar-refractivity contribution in [1.82, 2.24) is 10.1 Å². The Bertz CT molecular complexity index is 681. The average molecular weight is 330 g/mol. The van der Waals surface area contributed by atoms with Crippen molar-refractivity contribution in [3.05, 3.63) is 41.3 Å². The molecular formula is C19H26N2O3. The third-order valence-corrected chi connectivity index (χ3v) is 4.68. The van der Waals surface area contributed by atoms with E-state index in [0.29, 0.717) is 12.0 Å². The minimum atomic E-state index is 0.303. The molecule has 130 valence electrons. The molecule has 0 N–H and O–H groups in total. The average Bonchev–Trinajstić information content (AvgIpc) is 3.23. The Morgan fingerprint density at radius 2 is 2.12 bits per heavy atom. The zero-order chi connectivity index (χ0) is 17.1. The summed E-state index contributed by atoms with van der Waals surface area (Å²) >= 11 is 0. The molecule has 1 aromatic carbocycles. The maximum Gasteiger partial charge on any atom is 0.165 e. The number of benzene rings is 1. The van der Waals surface area contributed by atoms with Gasteiger partial charge in [-0.3, -0.25) is 4.90 Å². The maximum absolute atomic E-state index is 5.57. The molecule has 1 atom stereocenters. The van der Waals surface area contributed by atoms with Gasteiger partial charge in [-0.05, 0) is 25.5 Å². The molecule has 1 fully saturated rings. The van der Waals surface area contributed by atoms with Crippen molar-refractivity contribution >= 4 is 0 Å². The molecule has 24 heavy (non-hydrogen) atoms. The zero-order valence-electron chi connectivity index (χ0n) is 14.9. The van der Waals surface area contributed by atoms with Gasteiger partial charge >= 0.3 is 0 Å². The van der Waals surface area contributed by atoms with Crippen LogP contribution in [0.25, 0.3) is 0 Å². The molecule has 2 aromatic rings. The highest BCUT2D eigenvalue weighted by Crippen LogP contribution is 2.37. The fourth-order valence-corrected chi connectivity index (χ4v) is 3.38. The molecule has 1 saturated heterocycles. The van der Waals surface area contributed by atoms with Gasteiger partial charge in [-0.15, -0.1) is 0 Å². The molecule has 0 saturated carbocycles. The first kappa shape index (κ1) is 16.8. The van der Waals surface area contributed by atoms with E-state index >= 15 is 0 Å². The van der Waals surface area contributed by atoms with Crippen LogP contribution < -0.4 is 9.47 Å². The lowest BCUT2D eigenvalue weighted by Gasteiger charge is -2.24. The summed E-state index contributed by atoms with van der Waals surface area (Å²) in [6.45, 7) is 6.11. The highest BCUT2D eigenvalue weighted by molar-refractivity contribution is 5.46. The molecule has 1 unspecified atom stereocenters. The molecule has 5 heteroatoms. The molecule has 2 heterocycles. The molecule has 0 bridgehead atoms. The summed E-state index contributed by atoms with van der Waals surface area (Å²) in [6.07, 6.45) is 2.27. The summed E-state index contributed by atoms with van der Waals surface area (Å²) in [5, 5.41) is 4.32. The van der Waals surface area contributed by atoms with Crippen molar-refractivity contribution in [3.63, 3.8) is 0 Å². The van der Waals surface area contributed by atoms with E-state index < -0.39 is 0 Å². The summed E-state index contributed by atoms with van der Waals surface area (Å²) in [5.41, 5.74) is 2.18. The monoisotopic (exact) mass is 330 g/mol. The minimum Gasteiger partial charge on any atom is -0.493 e. The van der Waals surface area contributed by atoms with Crippen molar-refractivity contribution in [2.45, 2.75) is 45.2 Å². The van der Waals surface area contributed by atoms with Crippen molar-refractivity contribution in [1.29, 1.82) is 0 Å². The van der Waals surface area contributed by atoms with Gasteiger partial charge in [0.2, 0.25) is 0 Å². The lowest BCUT2D eigenvalue weighted by Crippen LogP contribution is -2.23. The van der Waals surface area contributed by atoms with Crippen LogP contribution in [0.3, 0.4) is 0 Å². The van der Waals surface area contributed by atoms with Crippen LogP contribution in [-0.4, -0.2) is 30.8 Å². The second kappa shape index (κ2) is 7.26. The molecule has 1 aliphatic rings. The van der Waals surface area contributed by atoms with Gasteiger partial charge in [0.15, 0.2) is 11.5 Å². The Balaban J connectivity index is 1.81. The molecule has 3 rings (SSSR count). The molecular weight excluding hydrogens is 304 g/mol. The Kier molecular flexibility index (Phi) is 5.09. The molecule has 1 aliphatic heterocycles. The van der Waals surface area contributed by atoms with Gasteiger partial charge in [-0.2, -0.15) is 0 Å². The summed E-state index contributed by atoms with van der Waals surface area (Å²) in [7, 11) is 3.36. The topological polar surface area (TPSA) is 47.7 Å².